The van der Waals surface area contributed by atoms with Gasteiger partial charge in [0.1, 0.15) is 5.82 Å². The van der Waals surface area contributed by atoms with Crippen molar-refractivity contribution >= 4 is 11.6 Å². The fourth-order valence-electron chi connectivity index (χ4n) is 1.77. The van der Waals surface area contributed by atoms with Crippen LogP contribution in [0.2, 0.25) is 5.02 Å². The number of benzene rings is 1. The van der Waals surface area contributed by atoms with Crippen molar-refractivity contribution in [1.29, 1.82) is 0 Å². The van der Waals surface area contributed by atoms with Crippen molar-refractivity contribution < 1.29 is 4.39 Å². The van der Waals surface area contributed by atoms with E-state index in [1.807, 2.05) is 0 Å². The van der Waals surface area contributed by atoms with Gasteiger partial charge in [0.15, 0.2) is 0 Å². The van der Waals surface area contributed by atoms with E-state index in [-0.39, 0.29) is 6.54 Å². The standard InChI is InChI=1S/C13H12ClFN2O2/c1-2-8-6-17(13(19)16-12(8)18)7-9-5-10(14)3-4-11(9)15/h3-6H,2,7H2,1H3,(H,16,18,19). The second-order valence-electron chi connectivity index (χ2n) is 4.13. The summed E-state index contributed by atoms with van der Waals surface area (Å²) in [6.45, 7) is 1.83. The van der Waals surface area contributed by atoms with Gasteiger partial charge in [-0.3, -0.25) is 14.3 Å². The highest BCUT2D eigenvalue weighted by Gasteiger charge is 2.07. The van der Waals surface area contributed by atoms with Crippen molar-refractivity contribution in [1.82, 2.24) is 9.55 Å². The second kappa shape index (κ2) is 5.40. The van der Waals surface area contributed by atoms with Crippen LogP contribution in [0.3, 0.4) is 0 Å². The average Bonchev–Trinajstić information content (AvgIpc) is 2.37. The molecule has 0 spiro atoms. The Kier molecular flexibility index (Phi) is 3.85. The normalized spacial score (nSPS) is 10.7. The minimum atomic E-state index is -0.568. The zero-order valence-corrected chi connectivity index (χ0v) is 11.0. The van der Waals surface area contributed by atoms with Gasteiger partial charge in [0.05, 0.1) is 6.54 Å². The Hall–Kier alpha value is -1.88. The van der Waals surface area contributed by atoms with E-state index in [2.05, 4.69) is 4.98 Å². The summed E-state index contributed by atoms with van der Waals surface area (Å²) in [4.78, 5) is 25.3. The van der Waals surface area contributed by atoms with Crippen LogP contribution < -0.4 is 11.2 Å². The zero-order chi connectivity index (χ0) is 14.0. The maximum absolute atomic E-state index is 13.6. The Morgan fingerprint density at radius 1 is 1.32 bits per heavy atom. The van der Waals surface area contributed by atoms with E-state index < -0.39 is 17.1 Å². The van der Waals surface area contributed by atoms with Crippen LogP contribution in [0.25, 0.3) is 0 Å². The van der Waals surface area contributed by atoms with Gasteiger partial charge in [0.2, 0.25) is 0 Å². The molecule has 0 aliphatic heterocycles. The van der Waals surface area contributed by atoms with E-state index >= 15 is 0 Å². The number of nitrogens with zero attached hydrogens (tertiary/aromatic N) is 1. The molecule has 0 amide bonds. The Bertz CT molecular complexity index is 721. The predicted octanol–water partition coefficient (Wildman–Crippen LogP) is 1.94. The minimum absolute atomic E-state index is 0.0228. The van der Waals surface area contributed by atoms with Crippen LogP contribution in [-0.4, -0.2) is 9.55 Å². The van der Waals surface area contributed by atoms with Crippen molar-refractivity contribution in [2.24, 2.45) is 0 Å². The number of aromatic nitrogens is 2. The largest absolute Gasteiger partial charge is 0.328 e. The number of hydrogen-bond acceptors (Lipinski definition) is 2. The highest BCUT2D eigenvalue weighted by atomic mass is 35.5. The summed E-state index contributed by atoms with van der Waals surface area (Å²) in [6, 6.07) is 4.14. The van der Waals surface area contributed by atoms with E-state index in [9.17, 15) is 14.0 Å². The lowest BCUT2D eigenvalue weighted by atomic mass is 10.2. The van der Waals surface area contributed by atoms with Gasteiger partial charge in [-0.2, -0.15) is 0 Å². The first kappa shape index (κ1) is 13.5. The molecule has 0 aliphatic rings. The molecule has 4 nitrogen and oxygen atoms in total. The molecule has 100 valence electrons. The number of aromatic amines is 1. The molecule has 1 aromatic heterocycles. The molecular formula is C13H12ClFN2O2. The molecule has 1 aromatic carbocycles. The summed E-state index contributed by atoms with van der Waals surface area (Å²) >= 11 is 5.79. The maximum Gasteiger partial charge on any atom is 0.328 e. The summed E-state index contributed by atoms with van der Waals surface area (Å²) in [5.74, 6) is -0.444. The quantitative estimate of drug-likeness (QED) is 0.935. The smallest absolute Gasteiger partial charge is 0.296 e. The Labute approximate surface area is 113 Å². The van der Waals surface area contributed by atoms with Crippen LogP contribution in [0.4, 0.5) is 4.39 Å². The molecule has 19 heavy (non-hydrogen) atoms. The van der Waals surface area contributed by atoms with Crippen molar-refractivity contribution in [2.45, 2.75) is 19.9 Å². The summed E-state index contributed by atoms with van der Waals surface area (Å²) in [5.41, 5.74) is -0.206. The molecule has 0 bridgehead atoms. The fraction of sp³-hybridized carbons (Fsp3) is 0.231. The van der Waals surface area contributed by atoms with Gasteiger partial charge in [-0.15, -0.1) is 0 Å². The summed E-state index contributed by atoms with van der Waals surface area (Å²) < 4.78 is 14.9. The van der Waals surface area contributed by atoms with Crippen molar-refractivity contribution in [3.63, 3.8) is 0 Å². The molecule has 0 unspecified atom stereocenters. The number of nitrogens with one attached hydrogen (secondary N) is 1. The molecule has 0 saturated heterocycles. The van der Waals surface area contributed by atoms with E-state index in [0.29, 0.717) is 22.6 Å². The van der Waals surface area contributed by atoms with E-state index in [1.165, 1.54) is 29.0 Å². The summed E-state index contributed by atoms with van der Waals surface area (Å²) in [6.07, 6.45) is 1.94. The van der Waals surface area contributed by atoms with Crippen molar-refractivity contribution in [3.8, 4) is 0 Å². The Balaban J connectivity index is 2.46. The summed E-state index contributed by atoms with van der Waals surface area (Å²) in [7, 11) is 0. The van der Waals surface area contributed by atoms with Crippen LogP contribution >= 0.6 is 11.6 Å². The van der Waals surface area contributed by atoms with Gasteiger partial charge in [-0.1, -0.05) is 18.5 Å². The van der Waals surface area contributed by atoms with E-state index in [4.69, 9.17) is 11.6 Å². The number of aryl methyl sites for hydroxylation is 1. The Morgan fingerprint density at radius 3 is 2.74 bits per heavy atom. The number of hydrogen-bond donors (Lipinski definition) is 1. The lowest BCUT2D eigenvalue weighted by Gasteiger charge is -2.08. The van der Waals surface area contributed by atoms with Gasteiger partial charge in [-0.05, 0) is 24.6 Å². The minimum Gasteiger partial charge on any atom is -0.296 e. The van der Waals surface area contributed by atoms with E-state index in [1.54, 1.807) is 6.92 Å². The monoisotopic (exact) mass is 282 g/mol. The zero-order valence-electron chi connectivity index (χ0n) is 10.2. The number of H-pyrrole nitrogens is 1. The molecule has 1 N–H and O–H groups in total. The summed E-state index contributed by atoms with van der Waals surface area (Å²) in [5, 5.41) is 0.393. The van der Waals surface area contributed by atoms with Crippen LogP contribution in [0.5, 0.6) is 0 Å². The second-order valence-corrected chi connectivity index (χ2v) is 4.57. The number of rotatable bonds is 3. The van der Waals surface area contributed by atoms with Crippen LogP contribution in [0.1, 0.15) is 18.1 Å². The molecule has 0 saturated carbocycles. The highest BCUT2D eigenvalue weighted by molar-refractivity contribution is 6.30. The van der Waals surface area contributed by atoms with Gasteiger partial charge in [-0.25, -0.2) is 9.18 Å². The number of halogens is 2. The molecule has 0 radical (unpaired) electrons. The first-order valence-electron chi connectivity index (χ1n) is 5.78. The SMILES string of the molecule is CCc1cn(Cc2cc(Cl)ccc2F)c(=O)[nH]c1=O. The topological polar surface area (TPSA) is 54.9 Å². The van der Waals surface area contributed by atoms with Crippen molar-refractivity contribution in [3.05, 3.63) is 67.2 Å². The Morgan fingerprint density at radius 2 is 2.05 bits per heavy atom. The van der Waals surface area contributed by atoms with Crippen LogP contribution in [0.15, 0.2) is 34.0 Å². The third kappa shape index (κ3) is 2.93. The molecular weight excluding hydrogens is 271 g/mol. The van der Waals surface area contributed by atoms with Gasteiger partial charge < -0.3 is 0 Å². The molecule has 0 fully saturated rings. The first-order chi connectivity index (χ1) is 9.01. The third-order valence-corrected chi connectivity index (χ3v) is 3.05. The molecule has 0 atom stereocenters. The molecule has 0 aliphatic carbocycles. The predicted molar refractivity (Wildman–Crippen MR) is 71.2 cm³/mol. The fourth-order valence-corrected chi connectivity index (χ4v) is 1.97. The van der Waals surface area contributed by atoms with Crippen LogP contribution in [0, 0.1) is 5.82 Å². The van der Waals surface area contributed by atoms with Crippen molar-refractivity contribution in [2.75, 3.05) is 0 Å². The van der Waals surface area contributed by atoms with Gasteiger partial charge >= 0.3 is 5.69 Å². The lowest BCUT2D eigenvalue weighted by molar-refractivity contribution is 0.591. The molecule has 2 aromatic rings. The van der Waals surface area contributed by atoms with Crippen LogP contribution in [-0.2, 0) is 13.0 Å². The van der Waals surface area contributed by atoms with Gasteiger partial charge in [0, 0.05) is 22.3 Å². The lowest BCUT2D eigenvalue weighted by Crippen LogP contribution is -2.32. The first-order valence-corrected chi connectivity index (χ1v) is 6.15. The van der Waals surface area contributed by atoms with E-state index in [0.717, 1.165) is 0 Å². The maximum atomic E-state index is 13.6. The molecule has 1 heterocycles. The molecule has 2 rings (SSSR count). The highest BCUT2D eigenvalue weighted by Crippen LogP contribution is 2.15. The average molecular weight is 283 g/mol. The molecule has 6 heteroatoms. The third-order valence-electron chi connectivity index (χ3n) is 2.81. The van der Waals surface area contributed by atoms with Gasteiger partial charge in [0.25, 0.3) is 5.56 Å².